The third-order valence-electron chi connectivity index (χ3n) is 4.54. The Kier molecular flexibility index (Phi) is 5.01. The van der Waals surface area contributed by atoms with Crippen molar-refractivity contribution < 1.29 is 14.6 Å². The lowest BCUT2D eigenvalue weighted by Crippen LogP contribution is -2.38. The Morgan fingerprint density at radius 1 is 1.33 bits per heavy atom. The Labute approximate surface area is 109 Å². The molecule has 0 aromatic heterocycles. The first-order chi connectivity index (χ1) is 8.76. The van der Waals surface area contributed by atoms with Crippen LogP contribution >= 0.6 is 0 Å². The van der Waals surface area contributed by atoms with E-state index in [1.807, 2.05) is 0 Å². The molecule has 4 nitrogen and oxygen atoms in total. The average molecular weight is 255 g/mol. The second-order valence-corrected chi connectivity index (χ2v) is 5.59. The minimum absolute atomic E-state index is 0.0315. The third kappa shape index (κ3) is 3.04. The number of aliphatic hydroxyl groups excluding tert-OH is 1. The van der Waals surface area contributed by atoms with Gasteiger partial charge in [0.25, 0.3) is 0 Å². The smallest absolute Gasteiger partial charge is 0.225 e. The average Bonchev–Trinajstić information content (AvgIpc) is 3.03. The predicted molar refractivity (Wildman–Crippen MR) is 69.1 cm³/mol. The van der Waals surface area contributed by atoms with Gasteiger partial charge < -0.3 is 15.2 Å². The molecule has 1 amide bonds. The number of hydrogen-bond acceptors (Lipinski definition) is 3. The van der Waals surface area contributed by atoms with Crippen LogP contribution in [0.15, 0.2) is 0 Å². The first-order valence-corrected chi connectivity index (χ1v) is 7.26. The molecule has 18 heavy (non-hydrogen) atoms. The van der Waals surface area contributed by atoms with E-state index >= 15 is 0 Å². The molecule has 1 aliphatic carbocycles. The number of nitrogens with one attached hydrogen (secondary N) is 1. The van der Waals surface area contributed by atoms with Gasteiger partial charge in [-0.2, -0.15) is 0 Å². The summed E-state index contributed by atoms with van der Waals surface area (Å²) in [6.07, 6.45) is 5.25. The lowest BCUT2D eigenvalue weighted by atomic mass is 9.95. The highest BCUT2D eigenvalue weighted by Gasteiger charge is 2.33. The van der Waals surface area contributed by atoms with E-state index in [0.717, 1.165) is 32.2 Å². The van der Waals surface area contributed by atoms with E-state index in [0.29, 0.717) is 18.4 Å². The summed E-state index contributed by atoms with van der Waals surface area (Å²) in [7, 11) is 0. The molecule has 1 heterocycles. The summed E-state index contributed by atoms with van der Waals surface area (Å²) in [6, 6.07) is 0. The third-order valence-corrected chi connectivity index (χ3v) is 4.54. The fourth-order valence-electron chi connectivity index (χ4n) is 3.34. The van der Waals surface area contributed by atoms with E-state index in [1.54, 1.807) is 0 Å². The zero-order valence-corrected chi connectivity index (χ0v) is 11.2. The van der Waals surface area contributed by atoms with Crippen LogP contribution in [0.1, 0.15) is 39.0 Å². The van der Waals surface area contributed by atoms with Gasteiger partial charge in [0.1, 0.15) is 0 Å². The number of amides is 1. The maximum Gasteiger partial charge on any atom is 0.225 e. The number of rotatable bonds is 5. The van der Waals surface area contributed by atoms with Crippen molar-refractivity contribution in [2.75, 3.05) is 19.8 Å². The molecule has 1 aliphatic heterocycles. The van der Waals surface area contributed by atoms with Crippen molar-refractivity contribution in [2.45, 2.75) is 45.1 Å². The van der Waals surface area contributed by atoms with Gasteiger partial charge in [-0.1, -0.05) is 13.3 Å². The van der Waals surface area contributed by atoms with E-state index in [-0.39, 0.29) is 24.5 Å². The van der Waals surface area contributed by atoms with Crippen LogP contribution in [0, 0.1) is 17.8 Å². The Hall–Kier alpha value is -0.610. The van der Waals surface area contributed by atoms with Crippen molar-refractivity contribution in [3.8, 4) is 0 Å². The molecule has 1 saturated carbocycles. The molecule has 4 heteroatoms. The summed E-state index contributed by atoms with van der Waals surface area (Å²) in [6.45, 7) is 3.75. The summed E-state index contributed by atoms with van der Waals surface area (Å²) in [4.78, 5) is 12.1. The number of aliphatic hydroxyl groups is 1. The standard InChI is InChI=1S/C14H25NO3/c1-2-13-12(6-7-18-13)14(17)15-8-10-4-3-5-11(10)9-16/h10-13,16H,2-9H2,1H3,(H,15,17). The molecule has 4 atom stereocenters. The fraction of sp³-hybridized carbons (Fsp3) is 0.929. The van der Waals surface area contributed by atoms with Crippen molar-refractivity contribution in [1.82, 2.24) is 5.32 Å². The topological polar surface area (TPSA) is 58.6 Å². The Bertz CT molecular complexity index is 282. The van der Waals surface area contributed by atoms with Crippen molar-refractivity contribution in [2.24, 2.45) is 17.8 Å². The molecule has 0 spiro atoms. The monoisotopic (exact) mass is 255 g/mol. The minimum Gasteiger partial charge on any atom is -0.396 e. The van der Waals surface area contributed by atoms with Crippen LogP contribution in [-0.2, 0) is 9.53 Å². The summed E-state index contributed by atoms with van der Waals surface area (Å²) in [5.74, 6) is 1.01. The molecule has 0 aromatic rings. The van der Waals surface area contributed by atoms with Crippen LogP contribution < -0.4 is 5.32 Å². The number of carbonyl (C=O) groups excluding carboxylic acids is 1. The number of ether oxygens (including phenoxy) is 1. The van der Waals surface area contributed by atoms with Crippen molar-refractivity contribution in [3.05, 3.63) is 0 Å². The van der Waals surface area contributed by atoms with E-state index in [4.69, 9.17) is 4.74 Å². The lowest BCUT2D eigenvalue weighted by Gasteiger charge is -2.21. The fourth-order valence-corrected chi connectivity index (χ4v) is 3.34. The van der Waals surface area contributed by atoms with Crippen LogP contribution in [0.2, 0.25) is 0 Å². The Morgan fingerprint density at radius 3 is 2.83 bits per heavy atom. The molecule has 2 N–H and O–H groups in total. The maximum absolute atomic E-state index is 12.1. The van der Waals surface area contributed by atoms with Crippen molar-refractivity contribution in [1.29, 1.82) is 0 Å². The highest BCUT2D eigenvalue weighted by molar-refractivity contribution is 5.79. The predicted octanol–water partition coefficient (Wildman–Crippen LogP) is 1.33. The maximum atomic E-state index is 12.1. The van der Waals surface area contributed by atoms with E-state index in [9.17, 15) is 9.90 Å². The summed E-state index contributed by atoms with van der Waals surface area (Å²) >= 11 is 0. The SMILES string of the molecule is CCC1OCCC1C(=O)NCC1CCCC1CO. The quantitative estimate of drug-likeness (QED) is 0.779. The van der Waals surface area contributed by atoms with Gasteiger partial charge >= 0.3 is 0 Å². The minimum atomic E-state index is 0.0315. The van der Waals surface area contributed by atoms with Crippen LogP contribution in [0.25, 0.3) is 0 Å². The molecule has 104 valence electrons. The van der Waals surface area contributed by atoms with E-state index < -0.39 is 0 Å². The molecule has 1 saturated heterocycles. The summed E-state index contributed by atoms with van der Waals surface area (Å²) in [5, 5.41) is 12.3. The molecule has 2 aliphatic rings. The highest BCUT2D eigenvalue weighted by Crippen LogP contribution is 2.31. The van der Waals surface area contributed by atoms with Gasteiger partial charge in [0.15, 0.2) is 0 Å². The zero-order chi connectivity index (χ0) is 13.0. The van der Waals surface area contributed by atoms with Crippen LogP contribution in [-0.4, -0.2) is 36.9 Å². The number of carbonyl (C=O) groups is 1. The molecule has 4 unspecified atom stereocenters. The van der Waals surface area contributed by atoms with E-state index in [1.165, 1.54) is 6.42 Å². The second-order valence-electron chi connectivity index (χ2n) is 5.59. The normalized spacial score (nSPS) is 35.9. The first kappa shape index (κ1) is 13.8. The van der Waals surface area contributed by atoms with Crippen molar-refractivity contribution in [3.63, 3.8) is 0 Å². The van der Waals surface area contributed by atoms with Gasteiger partial charge in [-0.25, -0.2) is 0 Å². The molecule has 0 radical (unpaired) electrons. The van der Waals surface area contributed by atoms with Gasteiger partial charge in [-0.3, -0.25) is 4.79 Å². The van der Waals surface area contributed by atoms with Gasteiger partial charge in [0.05, 0.1) is 12.0 Å². The first-order valence-electron chi connectivity index (χ1n) is 7.26. The lowest BCUT2D eigenvalue weighted by molar-refractivity contribution is -0.127. The van der Waals surface area contributed by atoms with Gasteiger partial charge in [0, 0.05) is 19.8 Å². The molecule has 2 rings (SSSR count). The molecule has 0 aromatic carbocycles. The highest BCUT2D eigenvalue weighted by atomic mass is 16.5. The zero-order valence-electron chi connectivity index (χ0n) is 11.2. The van der Waals surface area contributed by atoms with E-state index in [2.05, 4.69) is 12.2 Å². The van der Waals surface area contributed by atoms with Crippen LogP contribution in [0.4, 0.5) is 0 Å². The largest absolute Gasteiger partial charge is 0.396 e. The molecular formula is C14H25NO3. The Morgan fingerprint density at radius 2 is 2.11 bits per heavy atom. The van der Waals surface area contributed by atoms with Gasteiger partial charge in [-0.15, -0.1) is 0 Å². The molecular weight excluding hydrogens is 230 g/mol. The number of hydrogen-bond donors (Lipinski definition) is 2. The molecule has 2 fully saturated rings. The van der Waals surface area contributed by atoms with Crippen LogP contribution in [0.3, 0.4) is 0 Å². The Balaban J connectivity index is 1.77. The van der Waals surface area contributed by atoms with Crippen molar-refractivity contribution >= 4 is 5.91 Å². The summed E-state index contributed by atoms with van der Waals surface area (Å²) < 4.78 is 5.55. The van der Waals surface area contributed by atoms with Gasteiger partial charge in [-0.05, 0) is 37.5 Å². The second kappa shape index (κ2) is 6.53. The molecule has 0 bridgehead atoms. The van der Waals surface area contributed by atoms with Gasteiger partial charge in [0.2, 0.25) is 5.91 Å². The summed E-state index contributed by atoms with van der Waals surface area (Å²) in [5.41, 5.74) is 0. The van der Waals surface area contributed by atoms with Crippen LogP contribution in [0.5, 0.6) is 0 Å².